The van der Waals surface area contributed by atoms with Gasteiger partial charge in [-0.15, -0.1) is 11.3 Å². The number of nitrogens with one attached hydrogen (secondary N) is 2. The molecule has 10 nitrogen and oxygen atoms in total. The number of amidine groups is 1. The lowest BCUT2D eigenvalue weighted by Crippen LogP contribution is -2.39. The molecule has 0 fully saturated rings. The number of aromatic amines is 1. The third kappa shape index (κ3) is 5.14. The molecule has 1 amide bonds. The highest BCUT2D eigenvalue weighted by atomic mass is 32.1. The average molecular weight is 492 g/mol. The quantitative estimate of drug-likeness (QED) is 0.249. The Morgan fingerprint density at radius 2 is 1.66 bits per heavy atom. The molecule has 0 spiro atoms. The fraction of sp³-hybridized carbons (Fsp3) is 0.0833. The van der Waals surface area contributed by atoms with E-state index in [0.717, 1.165) is 0 Å². The van der Waals surface area contributed by atoms with Crippen molar-refractivity contribution in [2.75, 3.05) is 14.2 Å². The number of hydrogen-bond acceptors (Lipinski definition) is 7. The molecule has 0 saturated heterocycles. The fourth-order valence-corrected chi connectivity index (χ4v) is 3.97. The van der Waals surface area contributed by atoms with Gasteiger partial charge in [-0.25, -0.2) is 4.99 Å². The van der Waals surface area contributed by atoms with Crippen molar-refractivity contribution < 1.29 is 19.4 Å². The molecule has 2 aromatic carbocycles. The number of nitrogens with zero attached hydrogens (tertiary/aromatic N) is 2. The van der Waals surface area contributed by atoms with Gasteiger partial charge in [0.1, 0.15) is 22.8 Å². The second-order valence-electron chi connectivity index (χ2n) is 7.19. The number of thiophene rings is 1. The van der Waals surface area contributed by atoms with Crippen LogP contribution in [0.2, 0.25) is 0 Å². The zero-order valence-corrected chi connectivity index (χ0v) is 19.6. The molecule has 2 aromatic heterocycles. The molecule has 4 aromatic rings. The van der Waals surface area contributed by atoms with Gasteiger partial charge in [0.05, 0.1) is 30.8 Å². The van der Waals surface area contributed by atoms with Crippen LogP contribution in [0, 0.1) is 0 Å². The molecule has 35 heavy (non-hydrogen) atoms. The van der Waals surface area contributed by atoms with E-state index < -0.39 is 22.8 Å². The maximum atomic E-state index is 12.8. The predicted molar refractivity (Wildman–Crippen MR) is 135 cm³/mol. The van der Waals surface area contributed by atoms with Gasteiger partial charge in [0.15, 0.2) is 5.84 Å². The molecule has 0 aliphatic rings. The zero-order chi connectivity index (χ0) is 24.9. The molecular formula is C24H21N5O5S. The Hall–Kier alpha value is -4.64. The van der Waals surface area contributed by atoms with Crippen LogP contribution < -0.4 is 26.1 Å². The summed E-state index contributed by atoms with van der Waals surface area (Å²) in [7, 11) is 3.12. The van der Waals surface area contributed by atoms with Gasteiger partial charge in [-0.3, -0.25) is 14.9 Å². The van der Waals surface area contributed by atoms with Gasteiger partial charge in [0, 0.05) is 16.3 Å². The van der Waals surface area contributed by atoms with Crippen LogP contribution in [0.3, 0.4) is 0 Å². The van der Waals surface area contributed by atoms with Crippen LogP contribution in [-0.4, -0.2) is 42.0 Å². The molecule has 0 unspecified atom stereocenters. The number of fused-ring (bicyclic) bond motifs is 1. The molecular weight excluding hydrogens is 470 g/mol. The molecule has 0 radical (unpaired) electrons. The van der Waals surface area contributed by atoms with E-state index >= 15 is 0 Å². The Labute approximate surface area is 203 Å². The summed E-state index contributed by atoms with van der Waals surface area (Å²) in [5.41, 5.74) is 6.38. The number of pyridine rings is 1. The normalized spacial score (nSPS) is 11.9. The highest BCUT2D eigenvalue weighted by Crippen LogP contribution is 2.27. The van der Waals surface area contributed by atoms with Gasteiger partial charge in [-0.2, -0.15) is 4.99 Å². The summed E-state index contributed by atoms with van der Waals surface area (Å²) in [6, 6.07) is 13.9. The SMILES string of the molecule is COc1ccc(N=C(N=C(N)NC(=O)c2c(O)c3cscc3[nH]c2=O)c2ccc(OC)cc2)cc1. The number of carbonyl (C=O) groups excluding carboxylic acids is 1. The third-order valence-electron chi connectivity index (χ3n) is 4.98. The first-order valence-corrected chi connectivity index (χ1v) is 11.2. The van der Waals surface area contributed by atoms with E-state index in [0.29, 0.717) is 33.7 Å². The number of aromatic nitrogens is 1. The van der Waals surface area contributed by atoms with Crippen molar-refractivity contribution in [3.63, 3.8) is 0 Å². The van der Waals surface area contributed by atoms with E-state index in [1.165, 1.54) is 11.3 Å². The lowest BCUT2D eigenvalue weighted by Gasteiger charge is -2.08. The molecule has 2 heterocycles. The van der Waals surface area contributed by atoms with Crippen molar-refractivity contribution in [1.29, 1.82) is 0 Å². The smallest absolute Gasteiger partial charge is 0.267 e. The van der Waals surface area contributed by atoms with Crippen LogP contribution in [0.5, 0.6) is 17.2 Å². The Balaban J connectivity index is 1.68. The molecule has 0 aliphatic carbocycles. The summed E-state index contributed by atoms with van der Waals surface area (Å²) in [6.45, 7) is 0. The molecule has 0 saturated carbocycles. The van der Waals surface area contributed by atoms with E-state index in [-0.39, 0.29) is 11.8 Å². The van der Waals surface area contributed by atoms with E-state index in [1.54, 1.807) is 73.5 Å². The minimum absolute atomic E-state index is 0.196. The molecule has 178 valence electrons. The Morgan fingerprint density at radius 3 is 2.29 bits per heavy atom. The van der Waals surface area contributed by atoms with Crippen molar-refractivity contribution in [3.05, 3.63) is 80.8 Å². The first-order chi connectivity index (χ1) is 16.9. The van der Waals surface area contributed by atoms with Crippen LogP contribution in [0.25, 0.3) is 10.9 Å². The number of carbonyl (C=O) groups is 1. The summed E-state index contributed by atoms with van der Waals surface area (Å²) in [5.74, 6) is -0.155. The Bertz CT molecular complexity index is 1490. The van der Waals surface area contributed by atoms with Crippen LogP contribution in [-0.2, 0) is 0 Å². The van der Waals surface area contributed by atoms with Crippen LogP contribution in [0.4, 0.5) is 5.69 Å². The number of aliphatic imine (C=N–C) groups is 2. The van der Waals surface area contributed by atoms with Crippen molar-refractivity contribution in [2.45, 2.75) is 0 Å². The van der Waals surface area contributed by atoms with Crippen LogP contribution in [0.1, 0.15) is 15.9 Å². The number of amides is 1. The molecule has 4 rings (SSSR count). The number of ether oxygens (including phenoxy) is 2. The van der Waals surface area contributed by atoms with Crippen molar-refractivity contribution in [3.8, 4) is 17.2 Å². The minimum Gasteiger partial charge on any atom is -0.506 e. The second-order valence-corrected chi connectivity index (χ2v) is 7.93. The van der Waals surface area contributed by atoms with E-state index in [9.17, 15) is 14.7 Å². The van der Waals surface area contributed by atoms with E-state index in [4.69, 9.17) is 15.2 Å². The van der Waals surface area contributed by atoms with Crippen molar-refractivity contribution >= 4 is 45.6 Å². The molecule has 0 bridgehead atoms. The highest BCUT2D eigenvalue weighted by molar-refractivity contribution is 7.09. The summed E-state index contributed by atoms with van der Waals surface area (Å²) >= 11 is 1.28. The molecule has 0 aliphatic heterocycles. The number of H-pyrrole nitrogens is 1. The standard InChI is InChI=1S/C24H21N5O5S/c1-33-15-7-3-13(4-8-15)21(26-14-5-9-16(34-2)10-6-14)28-24(25)29-23(32)19-20(30)17-11-35-12-18(17)27-22(19)31/h3-12,30H,1-2H3,(H,27,31)(H3,25,26,28,29,32). The van der Waals surface area contributed by atoms with Gasteiger partial charge in [0.2, 0.25) is 5.96 Å². The number of hydrogen-bond donors (Lipinski definition) is 4. The molecule has 0 atom stereocenters. The number of methoxy groups -OCH3 is 2. The summed E-state index contributed by atoms with van der Waals surface area (Å²) in [5, 5.41) is 16.4. The third-order valence-corrected chi connectivity index (χ3v) is 5.72. The largest absolute Gasteiger partial charge is 0.506 e. The molecule has 5 N–H and O–H groups in total. The van der Waals surface area contributed by atoms with Crippen LogP contribution >= 0.6 is 11.3 Å². The van der Waals surface area contributed by atoms with Gasteiger partial charge < -0.3 is 25.3 Å². The second kappa shape index (κ2) is 10.1. The summed E-state index contributed by atoms with van der Waals surface area (Å²) < 4.78 is 10.4. The summed E-state index contributed by atoms with van der Waals surface area (Å²) in [6.07, 6.45) is 0. The summed E-state index contributed by atoms with van der Waals surface area (Å²) in [4.78, 5) is 36.5. The number of rotatable bonds is 5. The first kappa shape index (κ1) is 23.5. The predicted octanol–water partition coefficient (Wildman–Crippen LogP) is 3.14. The van der Waals surface area contributed by atoms with Gasteiger partial charge in [-0.05, 0) is 48.5 Å². The maximum Gasteiger partial charge on any atom is 0.267 e. The fourth-order valence-electron chi connectivity index (χ4n) is 3.21. The van der Waals surface area contributed by atoms with Crippen LogP contribution in [0.15, 0.2) is 74.1 Å². The monoisotopic (exact) mass is 491 g/mol. The number of nitrogens with two attached hydrogens (primary N) is 1. The average Bonchev–Trinajstić information content (AvgIpc) is 3.33. The molecule has 11 heteroatoms. The number of guanidine groups is 1. The first-order valence-electron chi connectivity index (χ1n) is 10.2. The van der Waals surface area contributed by atoms with Crippen molar-refractivity contribution in [2.24, 2.45) is 15.7 Å². The lowest BCUT2D eigenvalue weighted by molar-refractivity contribution is 0.0973. The highest BCUT2D eigenvalue weighted by Gasteiger charge is 2.20. The topological polar surface area (TPSA) is 151 Å². The maximum absolute atomic E-state index is 12.8. The Morgan fingerprint density at radius 1 is 1.03 bits per heavy atom. The lowest BCUT2D eigenvalue weighted by atomic mass is 10.2. The van der Waals surface area contributed by atoms with E-state index in [2.05, 4.69) is 20.3 Å². The van der Waals surface area contributed by atoms with E-state index in [1.807, 2.05) is 0 Å². The number of aromatic hydroxyl groups is 1. The van der Waals surface area contributed by atoms with Gasteiger partial charge in [0.25, 0.3) is 11.5 Å². The number of benzene rings is 2. The minimum atomic E-state index is -0.906. The van der Waals surface area contributed by atoms with Gasteiger partial charge >= 0.3 is 0 Å². The van der Waals surface area contributed by atoms with Gasteiger partial charge in [-0.1, -0.05) is 0 Å². The zero-order valence-electron chi connectivity index (χ0n) is 18.7. The Kier molecular flexibility index (Phi) is 6.78. The van der Waals surface area contributed by atoms with Crippen molar-refractivity contribution in [1.82, 2.24) is 10.3 Å².